The molecule has 1 aliphatic heterocycles. The third-order valence-corrected chi connectivity index (χ3v) is 5.38. The molecule has 1 saturated heterocycles. The molecule has 3 aromatic rings. The lowest BCUT2D eigenvalue weighted by Gasteiger charge is -2.20. The van der Waals surface area contributed by atoms with E-state index in [4.69, 9.17) is 4.74 Å². The Bertz CT molecular complexity index is 1040. The molecular formula is C23H26F2N4O2. The number of fused-ring (bicyclic) bond motifs is 1. The maximum atomic E-state index is 13.3. The largest absolute Gasteiger partial charge is 0.490 e. The number of aliphatic hydroxyl groups excluding tert-OH is 1. The molecule has 1 unspecified atom stereocenters. The number of alkyl halides is 2. The van der Waals surface area contributed by atoms with Crippen LogP contribution >= 0.6 is 0 Å². The quantitative estimate of drug-likeness (QED) is 0.622. The normalized spacial score (nSPS) is 17.1. The van der Waals surface area contributed by atoms with Crippen molar-refractivity contribution in [3.8, 4) is 16.9 Å². The number of hydrogen-bond donors (Lipinski definition) is 1. The number of rotatable bonds is 7. The monoisotopic (exact) mass is 428 g/mol. The van der Waals surface area contributed by atoms with E-state index in [1.54, 1.807) is 17.3 Å². The molecule has 0 saturated carbocycles. The second-order valence-corrected chi connectivity index (χ2v) is 8.13. The highest BCUT2D eigenvalue weighted by atomic mass is 19.3. The number of nitrogens with zero attached hydrogens (tertiary/aromatic N) is 4. The average Bonchev–Trinajstić information content (AvgIpc) is 3.10. The molecule has 2 heterocycles. The fraction of sp³-hybridized carbons (Fsp3) is 0.391. The van der Waals surface area contributed by atoms with Gasteiger partial charge in [-0.25, -0.2) is 18.7 Å². The smallest absolute Gasteiger partial charge is 0.261 e. The van der Waals surface area contributed by atoms with Crippen LogP contribution in [0.3, 0.4) is 0 Å². The van der Waals surface area contributed by atoms with Crippen molar-refractivity contribution in [1.82, 2.24) is 14.9 Å². The van der Waals surface area contributed by atoms with Gasteiger partial charge in [-0.2, -0.15) is 0 Å². The van der Waals surface area contributed by atoms with Crippen LogP contribution in [-0.4, -0.2) is 72.3 Å². The van der Waals surface area contributed by atoms with E-state index < -0.39 is 12.0 Å². The van der Waals surface area contributed by atoms with Gasteiger partial charge in [-0.3, -0.25) is 4.90 Å². The lowest BCUT2D eigenvalue weighted by Crippen LogP contribution is -2.35. The number of ether oxygens (including phenoxy) is 1. The van der Waals surface area contributed by atoms with Crippen LogP contribution in [-0.2, 0) is 0 Å². The summed E-state index contributed by atoms with van der Waals surface area (Å²) in [5.41, 5.74) is 1.87. The minimum absolute atomic E-state index is 0.0338. The fourth-order valence-corrected chi connectivity index (χ4v) is 3.84. The van der Waals surface area contributed by atoms with Crippen LogP contribution in [0.4, 0.5) is 14.7 Å². The molecule has 1 aliphatic rings. The molecule has 0 bridgehead atoms. The Balaban J connectivity index is 1.50. The number of benzene rings is 2. The van der Waals surface area contributed by atoms with Gasteiger partial charge < -0.3 is 14.7 Å². The highest BCUT2D eigenvalue weighted by Crippen LogP contribution is 2.34. The van der Waals surface area contributed by atoms with Crippen LogP contribution in [0, 0.1) is 0 Å². The van der Waals surface area contributed by atoms with E-state index in [0.29, 0.717) is 11.7 Å². The average molecular weight is 428 g/mol. The van der Waals surface area contributed by atoms with Crippen molar-refractivity contribution in [3.05, 3.63) is 48.8 Å². The van der Waals surface area contributed by atoms with Gasteiger partial charge in [-0.05, 0) is 23.1 Å². The minimum atomic E-state index is -2.67. The lowest BCUT2D eigenvalue weighted by molar-refractivity contribution is 0.00466. The standard InChI is InChI=1S/C23H26F2N4O2/c1-28(2)22-26-11-16(12-27-22)18-7-8-21(20-6-4-3-5-19(18)20)31-14-17(30)13-29-10-9-23(24,25)15-29/h3-8,11-12,17,30H,9-10,13-15H2,1-2H3. The van der Waals surface area contributed by atoms with Crippen molar-refractivity contribution in [1.29, 1.82) is 0 Å². The maximum absolute atomic E-state index is 13.3. The van der Waals surface area contributed by atoms with Gasteiger partial charge in [-0.1, -0.05) is 24.3 Å². The predicted octanol–water partition coefficient (Wildman–Crippen LogP) is 3.44. The van der Waals surface area contributed by atoms with E-state index in [-0.39, 0.29) is 32.7 Å². The second kappa shape index (κ2) is 8.72. The molecular weight excluding hydrogens is 402 g/mol. The summed E-state index contributed by atoms with van der Waals surface area (Å²) in [4.78, 5) is 12.2. The first kappa shape index (κ1) is 21.4. The summed E-state index contributed by atoms with van der Waals surface area (Å²) in [6, 6.07) is 11.6. The summed E-state index contributed by atoms with van der Waals surface area (Å²) in [6.07, 6.45) is 2.58. The van der Waals surface area contributed by atoms with Crippen molar-refractivity contribution in [2.45, 2.75) is 18.4 Å². The number of hydrogen-bond acceptors (Lipinski definition) is 6. The van der Waals surface area contributed by atoms with Gasteiger partial charge >= 0.3 is 0 Å². The molecule has 4 rings (SSSR count). The first-order valence-electron chi connectivity index (χ1n) is 10.2. The molecule has 0 aliphatic carbocycles. The zero-order chi connectivity index (χ0) is 22.0. The van der Waals surface area contributed by atoms with Crippen molar-refractivity contribution < 1.29 is 18.6 Å². The van der Waals surface area contributed by atoms with Crippen LogP contribution in [0.5, 0.6) is 5.75 Å². The Morgan fingerprint density at radius 1 is 1.13 bits per heavy atom. The lowest BCUT2D eigenvalue weighted by atomic mass is 9.99. The van der Waals surface area contributed by atoms with Gasteiger partial charge in [0, 0.05) is 56.9 Å². The molecule has 8 heteroatoms. The van der Waals surface area contributed by atoms with E-state index in [9.17, 15) is 13.9 Å². The first-order valence-corrected chi connectivity index (χ1v) is 10.2. The van der Waals surface area contributed by atoms with Gasteiger partial charge in [0.15, 0.2) is 0 Å². The van der Waals surface area contributed by atoms with Crippen LogP contribution in [0.25, 0.3) is 21.9 Å². The summed E-state index contributed by atoms with van der Waals surface area (Å²) in [5, 5.41) is 12.2. The van der Waals surface area contributed by atoms with Crippen molar-refractivity contribution in [3.63, 3.8) is 0 Å². The molecule has 1 aromatic heterocycles. The number of aliphatic hydroxyl groups is 1. The summed E-state index contributed by atoms with van der Waals surface area (Å²) in [6.45, 7) is 0.181. The fourth-order valence-electron chi connectivity index (χ4n) is 3.84. The van der Waals surface area contributed by atoms with Gasteiger partial charge in [0.2, 0.25) is 5.95 Å². The van der Waals surface area contributed by atoms with Crippen molar-refractivity contribution >= 4 is 16.7 Å². The predicted molar refractivity (Wildman–Crippen MR) is 117 cm³/mol. The van der Waals surface area contributed by atoms with E-state index in [1.807, 2.05) is 55.4 Å². The van der Waals surface area contributed by atoms with Crippen LogP contribution < -0.4 is 9.64 Å². The first-order chi connectivity index (χ1) is 14.8. The van der Waals surface area contributed by atoms with E-state index in [0.717, 1.165) is 21.9 Å². The third kappa shape index (κ3) is 4.91. The number of aromatic nitrogens is 2. The van der Waals surface area contributed by atoms with Crippen molar-refractivity contribution in [2.75, 3.05) is 45.2 Å². The topological polar surface area (TPSA) is 61.7 Å². The molecule has 6 nitrogen and oxygen atoms in total. The van der Waals surface area contributed by atoms with E-state index in [2.05, 4.69) is 9.97 Å². The molecule has 164 valence electrons. The zero-order valence-electron chi connectivity index (χ0n) is 17.6. The van der Waals surface area contributed by atoms with Gasteiger partial charge in [-0.15, -0.1) is 0 Å². The molecule has 1 atom stereocenters. The number of likely N-dealkylation sites (tertiary alicyclic amines) is 1. The Morgan fingerprint density at radius 2 is 1.84 bits per heavy atom. The highest BCUT2D eigenvalue weighted by Gasteiger charge is 2.38. The molecule has 2 aromatic carbocycles. The summed E-state index contributed by atoms with van der Waals surface area (Å²) >= 11 is 0. The number of halogens is 2. The van der Waals surface area contributed by atoms with Crippen LogP contribution in [0.15, 0.2) is 48.8 Å². The molecule has 0 radical (unpaired) electrons. The Hall–Kier alpha value is -2.84. The molecule has 31 heavy (non-hydrogen) atoms. The Morgan fingerprint density at radius 3 is 2.48 bits per heavy atom. The van der Waals surface area contributed by atoms with Crippen LogP contribution in [0.2, 0.25) is 0 Å². The highest BCUT2D eigenvalue weighted by molar-refractivity contribution is 5.99. The van der Waals surface area contributed by atoms with Gasteiger partial charge in [0.25, 0.3) is 5.92 Å². The number of anilines is 1. The molecule has 1 N–H and O–H groups in total. The van der Waals surface area contributed by atoms with E-state index >= 15 is 0 Å². The summed E-state index contributed by atoms with van der Waals surface area (Å²) in [5.74, 6) is -1.39. The maximum Gasteiger partial charge on any atom is 0.261 e. The van der Waals surface area contributed by atoms with Crippen molar-refractivity contribution in [2.24, 2.45) is 0 Å². The number of β-amino-alcohol motifs (C(OH)–C–C–N with tert-alkyl or cyclic N) is 1. The Labute approximate surface area is 180 Å². The third-order valence-electron chi connectivity index (χ3n) is 5.38. The molecule has 0 spiro atoms. The molecule has 1 fully saturated rings. The second-order valence-electron chi connectivity index (χ2n) is 8.13. The Kier molecular flexibility index (Phi) is 6.02. The van der Waals surface area contributed by atoms with Gasteiger partial charge in [0.05, 0.1) is 6.54 Å². The molecule has 0 amide bonds. The minimum Gasteiger partial charge on any atom is -0.490 e. The summed E-state index contributed by atoms with van der Waals surface area (Å²) in [7, 11) is 3.78. The SMILES string of the molecule is CN(C)c1ncc(-c2ccc(OCC(O)CN3CCC(F)(F)C3)c3ccccc23)cn1. The van der Waals surface area contributed by atoms with E-state index in [1.165, 1.54) is 0 Å². The van der Waals surface area contributed by atoms with Crippen LogP contribution in [0.1, 0.15) is 6.42 Å². The zero-order valence-corrected chi connectivity index (χ0v) is 17.6. The summed E-state index contributed by atoms with van der Waals surface area (Å²) < 4.78 is 32.6. The van der Waals surface area contributed by atoms with Gasteiger partial charge in [0.1, 0.15) is 18.5 Å².